The number of nitrogens with one attached hydrogen (secondary N) is 1. The molecule has 17 heavy (non-hydrogen) atoms. The molecule has 1 aromatic carbocycles. The van der Waals surface area contributed by atoms with Crippen molar-refractivity contribution < 1.29 is 9.13 Å². The average Bonchev–Trinajstić information content (AvgIpc) is 2.80. The van der Waals surface area contributed by atoms with Gasteiger partial charge in [-0.05, 0) is 50.1 Å². The van der Waals surface area contributed by atoms with Crippen LogP contribution in [0.15, 0.2) is 18.2 Å². The molecular formula is C14H20FNO. The Kier molecular flexibility index (Phi) is 3.38. The van der Waals surface area contributed by atoms with Crippen LogP contribution < -0.4 is 10.1 Å². The lowest BCUT2D eigenvalue weighted by molar-refractivity contribution is 0.221. The Balaban J connectivity index is 2.39. The van der Waals surface area contributed by atoms with Gasteiger partial charge in [-0.1, -0.05) is 6.07 Å². The average molecular weight is 237 g/mol. The molecule has 1 unspecified atom stereocenters. The zero-order chi connectivity index (χ0) is 12.5. The van der Waals surface area contributed by atoms with E-state index in [1.54, 1.807) is 21.0 Å². The first-order chi connectivity index (χ1) is 8.02. The Morgan fingerprint density at radius 3 is 2.71 bits per heavy atom. The van der Waals surface area contributed by atoms with Gasteiger partial charge in [-0.2, -0.15) is 0 Å². The molecule has 0 radical (unpaired) electrons. The van der Waals surface area contributed by atoms with E-state index in [-0.39, 0.29) is 0 Å². The molecule has 0 saturated carbocycles. The quantitative estimate of drug-likeness (QED) is 0.872. The van der Waals surface area contributed by atoms with E-state index in [2.05, 4.69) is 5.32 Å². The van der Waals surface area contributed by atoms with Gasteiger partial charge in [-0.3, -0.25) is 0 Å². The zero-order valence-corrected chi connectivity index (χ0v) is 10.7. The fraction of sp³-hybridized carbons (Fsp3) is 0.571. The molecule has 3 heteroatoms. The standard InChI is InChI=1S/C14H20FNO/c1-14(2,15)11-4-5-13(17-3)12(8-11)10-6-7-16-9-10/h4-5,8,10,16H,6-7,9H2,1-3H3. The highest BCUT2D eigenvalue weighted by Crippen LogP contribution is 2.35. The van der Waals surface area contributed by atoms with Crippen molar-refractivity contribution in [3.8, 4) is 5.75 Å². The lowest BCUT2D eigenvalue weighted by atomic mass is 9.91. The number of benzene rings is 1. The van der Waals surface area contributed by atoms with Crippen LogP contribution in [0.25, 0.3) is 0 Å². The van der Waals surface area contributed by atoms with Crippen LogP contribution in [-0.2, 0) is 5.67 Å². The smallest absolute Gasteiger partial charge is 0.130 e. The summed E-state index contributed by atoms with van der Waals surface area (Å²) in [6, 6.07) is 5.64. The summed E-state index contributed by atoms with van der Waals surface area (Å²) in [4.78, 5) is 0. The van der Waals surface area contributed by atoms with Crippen LogP contribution in [0.2, 0.25) is 0 Å². The van der Waals surface area contributed by atoms with Gasteiger partial charge in [0, 0.05) is 12.5 Å². The number of halogens is 1. The molecule has 1 fully saturated rings. The number of rotatable bonds is 3. The molecule has 0 aromatic heterocycles. The molecule has 2 nitrogen and oxygen atoms in total. The summed E-state index contributed by atoms with van der Waals surface area (Å²) in [5.74, 6) is 1.30. The maximum absolute atomic E-state index is 14.0. The first kappa shape index (κ1) is 12.4. The van der Waals surface area contributed by atoms with Crippen molar-refractivity contribution in [2.45, 2.75) is 31.9 Å². The van der Waals surface area contributed by atoms with Crippen molar-refractivity contribution in [3.63, 3.8) is 0 Å². The Morgan fingerprint density at radius 2 is 2.18 bits per heavy atom. The van der Waals surface area contributed by atoms with Gasteiger partial charge in [-0.15, -0.1) is 0 Å². The predicted molar refractivity (Wildman–Crippen MR) is 67.4 cm³/mol. The summed E-state index contributed by atoms with van der Waals surface area (Å²) >= 11 is 0. The molecule has 0 bridgehead atoms. The van der Waals surface area contributed by atoms with E-state index in [4.69, 9.17) is 4.74 Å². The van der Waals surface area contributed by atoms with Crippen LogP contribution in [0.4, 0.5) is 4.39 Å². The molecule has 1 atom stereocenters. The third-order valence-electron chi connectivity index (χ3n) is 3.42. The molecule has 0 amide bonds. The molecule has 1 aliphatic rings. The Morgan fingerprint density at radius 1 is 1.41 bits per heavy atom. The van der Waals surface area contributed by atoms with E-state index in [1.165, 1.54) is 0 Å². The molecule has 94 valence electrons. The molecular weight excluding hydrogens is 217 g/mol. The fourth-order valence-corrected chi connectivity index (χ4v) is 2.34. The van der Waals surface area contributed by atoms with Crippen molar-refractivity contribution >= 4 is 0 Å². The second kappa shape index (κ2) is 4.65. The van der Waals surface area contributed by atoms with E-state index in [0.717, 1.165) is 36.4 Å². The highest BCUT2D eigenvalue weighted by molar-refractivity contribution is 5.42. The monoisotopic (exact) mass is 237 g/mol. The maximum atomic E-state index is 14.0. The van der Waals surface area contributed by atoms with Gasteiger partial charge in [-0.25, -0.2) is 4.39 Å². The van der Waals surface area contributed by atoms with Crippen molar-refractivity contribution in [2.24, 2.45) is 0 Å². The third kappa shape index (κ3) is 2.60. The number of alkyl halides is 1. The summed E-state index contributed by atoms with van der Waals surface area (Å²) in [6.45, 7) is 5.15. The first-order valence-electron chi connectivity index (χ1n) is 6.10. The number of methoxy groups -OCH3 is 1. The molecule has 1 N–H and O–H groups in total. The van der Waals surface area contributed by atoms with Crippen LogP contribution in [-0.4, -0.2) is 20.2 Å². The van der Waals surface area contributed by atoms with Crippen molar-refractivity contribution in [3.05, 3.63) is 29.3 Å². The van der Waals surface area contributed by atoms with Crippen molar-refractivity contribution in [1.82, 2.24) is 5.32 Å². The van der Waals surface area contributed by atoms with Gasteiger partial charge in [0.15, 0.2) is 0 Å². The lowest BCUT2D eigenvalue weighted by Gasteiger charge is -2.20. The van der Waals surface area contributed by atoms with Crippen molar-refractivity contribution in [1.29, 1.82) is 0 Å². The van der Waals surface area contributed by atoms with E-state index < -0.39 is 5.67 Å². The normalized spacial score (nSPS) is 20.6. The summed E-state index contributed by atoms with van der Waals surface area (Å²) in [5, 5.41) is 3.33. The second-order valence-electron chi connectivity index (χ2n) is 5.12. The van der Waals surface area contributed by atoms with E-state index in [9.17, 15) is 4.39 Å². The van der Waals surface area contributed by atoms with E-state index >= 15 is 0 Å². The highest BCUT2D eigenvalue weighted by atomic mass is 19.1. The summed E-state index contributed by atoms with van der Waals surface area (Å²) in [5.41, 5.74) is 0.550. The number of ether oxygens (including phenoxy) is 1. The predicted octanol–water partition coefficient (Wildman–Crippen LogP) is 2.98. The van der Waals surface area contributed by atoms with E-state index in [1.807, 2.05) is 18.2 Å². The van der Waals surface area contributed by atoms with E-state index in [0.29, 0.717) is 5.92 Å². The Bertz CT molecular complexity index is 392. The van der Waals surface area contributed by atoms with Gasteiger partial charge in [0.05, 0.1) is 7.11 Å². The molecule has 2 rings (SSSR count). The Hall–Kier alpha value is -1.09. The molecule has 0 spiro atoms. The Labute approximate surface area is 102 Å². The minimum absolute atomic E-state index is 0.437. The molecule has 1 aliphatic heterocycles. The van der Waals surface area contributed by atoms with Crippen LogP contribution in [0.5, 0.6) is 5.75 Å². The molecule has 0 aliphatic carbocycles. The van der Waals surface area contributed by atoms with Gasteiger partial charge >= 0.3 is 0 Å². The third-order valence-corrected chi connectivity index (χ3v) is 3.42. The maximum Gasteiger partial charge on any atom is 0.130 e. The summed E-state index contributed by atoms with van der Waals surface area (Å²) < 4.78 is 19.3. The van der Waals surface area contributed by atoms with Crippen LogP contribution >= 0.6 is 0 Å². The van der Waals surface area contributed by atoms with Gasteiger partial charge in [0.2, 0.25) is 0 Å². The summed E-state index contributed by atoms with van der Waals surface area (Å²) in [6.07, 6.45) is 1.09. The largest absolute Gasteiger partial charge is 0.496 e. The molecule has 1 aromatic rings. The zero-order valence-electron chi connectivity index (χ0n) is 10.7. The highest BCUT2D eigenvalue weighted by Gasteiger charge is 2.24. The number of hydrogen-bond acceptors (Lipinski definition) is 2. The lowest BCUT2D eigenvalue weighted by Crippen LogP contribution is -2.12. The first-order valence-corrected chi connectivity index (χ1v) is 6.10. The van der Waals surface area contributed by atoms with Gasteiger partial charge in [0.25, 0.3) is 0 Å². The molecule has 1 heterocycles. The van der Waals surface area contributed by atoms with Crippen LogP contribution in [0, 0.1) is 0 Å². The number of hydrogen-bond donors (Lipinski definition) is 1. The van der Waals surface area contributed by atoms with Crippen LogP contribution in [0.1, 0.15) is 37.3 Å². The van der Waals surface area contributed by atoms with Gasteiger partial charge < -0.3 is 10.1 Å². The molecule has 1 saturated heterocycles. The van der Waals surface area contributed by atoms with Crippen LogP contribution in [0.3, 0.4) is 0 Å². The topological polar surface area (TPSA) is 21.3 Å². The minimum atomic E-state index is -1.30. The minimum Gasteiger partial charge on any atom is -0.496 e. The van der Waals surface area contributed by atoms with Gasteiger partial charge in [0.1, 0.15) is 11.4 Å². The fourth-order valence-electron chi connectivity index (χ4n) is 2.34. The van der Waals surface area contributed by atoms with Crippen molar-refractivity contribution in [2.75, 3.05) is 20.2 Å². The SMILES string of the molecule is COc1ccc(C(C)(C)F)cc1C1CCNC1. The second-order valence-corrected chi connectivity index (χ2v) is 5.12. The summed E-state index contributed by atoms with van der Waals surface area (Å²) in [7, 11) is 1.67.